The third kappa shape index (κ3) is 5.05. The zero-order chi connectivity index (χ0) is 20.1. The summed E-state index contributed by atoms with van der Waals surface area (Å²) in [5.41, 5.74) is 1.37. The Bertz CT molecular complexity index is 935. The molecule has 2 atom stereocenters. The molecule has 1 aromatic carbocycles. The Kier molecular flexibility index (Phi) is 6.27. The molecule has 1 saturated heterocycles. The summed E-state index contributed by atoms with van der Waals surface area (Å²) in [6, 6.07) is 11.9. The number of thiazole rings is 1. The van der Waals surface area contributed by atoms with Crippen LogP contribution in [0.1, 0.15) is 39.9 Å². The van der Waals surface area contributed by atoms with Gasteiger partial charge in [0.2, 0.25) is 0 Å². The van der Waals surface area contributed by atoms with E-state index >= 15 is 0 Å². The zero-order valence-electron chi connectivity index (χ0n) is 16.0. The van der Waals surface area contributed by atoms with Gasteiger partial charge in [-0.25, -0.2) is 9.37 Å². The predicted molar refractivity (Wildman–Crippen MR) is 111 cm³/mol. The number of hydrogen-bond acceptors (Lipinski definition) is 5. The van der Waals surface area contributed by atoms with Crippen LogP contribution in [-0.4, -0.2) is 33.9 Å². The number of amides is 1. The van der Waals surface area contributed by atoms with E-state index in [4.69, 9.17) is 0 Å². The number of likely N-dealkylation sites (tertiary alicyclic amines) is 1. The second-order valence-corrected chi connectivity index (χ2v) is 8.23. The number of carbonyl (C=O) groups excluding carboxylic acids is 1. The van der Waals surface area contributed by atoms with Gasteiger partial charge in [0.05, 0.1) is 6.04 Å². The molecular formula is C22H23FN4OS. The Balaban J connectivity index is 1.49. The molecule has 0 saturated carbocycles. The molecular weight excluding hydrogens is 387 g/mol. The van der Waals surface area contributed by atoms with Gasteiger partial charge >= 0.3 is 0 Å². The van der Waals surface area contributed by atoms with E-state index in [-0.39, 0.29) is 23.7 Å². The fraction of sp³-hybridized carbons (Fsp3) is 0.318. The standard InChI is InChI=1S/C22H23FN4OS/c23-18-7-3-5-16(13-18)14-27-11-4-6-17(15-27)20(22-25-10-12-29-22)26-21(28)19-8-1-2-9-24-19/h1-3,5,7-10,12-13,17,20H,4,6,11,14-15H2,(H,26,28)/t17-,20+/m0/s1. The van der Waals surface area contributed by atoms with Crippen molar-refractivity contribution in [2.75, 3.05) is 13.1 Å². The minimum Gasteiger partial charge on any atom is -0.341 e. The first-order valence-electron chi connectivity index (χ1n) is 9.77. The third-order valence-electron chi connectivity index (χ3n) is 5.21. The van der Waals surface area contributed by atoms with Gasteiger partial charge in [-0.05, 0) is 55.1 Å². The van der Waals surface area contributed by atoms with Crippen LogP contribution in [0.15, 0.2) is 60.2 Å². The van der Waals surface area contributed by atoms with Crippen molar-refractivity contribution in [1.82, 2.24) is 20.2 Å². The molecule has 5 nitrogen and oxygen atoms in total. The normalized spacial score (nSPS) is 18.3. The van der Waals surface area contributed by atoms with Crippen molar-refractivity contribution in [2.24, 2.45) is 5.92 Å². The van der Waals surface area contributed by atoms with Crippen molar-refractivity contribution < 1.29 is 9.18 Å². The van der Waals surface area contributed by atoms with Crippen molar-refractivity contribution in [1.29, 1.82) is 0 Å². The van der Waals surface area contributed by atoms with Crippen LogP contribution in [0.4, 0.5) is 4.39 Å². The Morgan fingerprint density at radius 1 is 1.24 bits per heavy atom. The van der Waals surface area contributed by atoms with Crippen molar-refractivity contribution in [2.45, 2.75) is 25.4 Å². The molecule has 29 heavy (non-hydrogen) atoms. The summed E-state index contributed by atoms with van der Waals surface area (Å²) < 4.78 is 13.5. The minimum absolute atomic E-state index is 0.167. The third-order valence-corrected chi connectivity index (χ3v) is 6.07. The summed E-state index contributed by atoms with van der Waals surface area (Å²) in [7, 11) is 0. The van der Waals surface area contributed by atoms with Gasteiger partial charge < -0.3 is 5.32 Å². The Morgan fingerprint density at radius 3 is 2.93 bits per heavy atom. The molecule has 150 valence electrons. The maximum absolute atomic E-state index is 13.5. The van der Waals surface area contributed by atoms with Crippen LogP contribution < -0.4 is 5.32 Å². The van der Waals surface area contributed by atoms with E-state index < -0.39 is 0 Å². The molecule has 7 heteroatoms. The number of benzene rings is 1. The molecule has 1 aliphatic heterocycles. The lowest BCUT2D eigenvalue weighted by atomic mass is 9.90. The van der Waals surface area contributed by atoms with Gasteiger partial charge in [0, 0.05) is 30.9 Å². The average Bonchev–Trinajstić information content (AvgIpc) is 3.27. The minimum atomic E-state index is -0.209. The number of rotatable bonds is 6. The lowest BCUT2D eigenvalue weighted by Gasteiger charge is -2.36. The highest BCUT2D eigenvalue weighted by Crippen LogP contribution is 2.32. The van der Waals surface area contributed by atoms with Crippen LogP contribution in [0.25, 0.3) is 0 Å². The van der Waals surface area contributed by atoms with Crippen molar-refractivity contribution in [3.05, 3.63) is 82.3 Å². The van der Waals surface area contributed by atoms with E-state index in [1.54, 1.807) is 48.0 Å². The number of halogens is 1. The van der Waals surface area contributed by atoms with Crippen molar-refractivity contribution in [3.63, 3.8) is 0 Å². The molecule has 0 radical (unpaired) electrons. The van der Waals surface area contributed by atoms with Gasteiger partial charge in [0.25, 0.3) is 5.91 Å². The molecule has 4 rings (SSSR count). The summed E-state index contributed by atoms with van der Waals surface area (Å²) in [4.78, 5) is 23.7. The van der Waals surface area contributed by atoms with Crippen LogP contribution >= 0.6 is 11.3 Å². The van der Waals surface area contributed by atoms with Gasteiger partial charge in [0.15, 0.2) is 0 Å². The lowest BCUT2D eigenvalue weighted by Crippen LogP contribution is -2.42. The zero-order valence-corrected chi connectivity index (χ0v) is 16.8. The first-order valence-corrected chi connectivity index (χ1v) is 10.6. The fourth-order valence-corrected chi connectivity index (χ4v) is 4.66. The molecule has 3 aromatic rings. The van der Waals surface area contributed by atoms with E-state index in [2.05, 4.69) is 20.2 Å². The van der Waals surface area contributed by atoms with Crippen LogP contribution in [-0.2, 0) is 6.54 Å². The van der Waals surface area contributed by atoms with Gasteiger partial charge in [0.1, 0.15) is 16.5 Å². The molecule has 1 fully saturated rings. The lowest BCUT2D eigenvalue weighted by molar-refractivity contribution is 0.0873. The highest BCUT2D eigenvalue weighted by atomic mass is 32.1. The van der Waals surface area contributed by atoms with Gasteiger partial charge in [-0.15, -0.1) is 11.3 Å². The summed E-state index contributed by atoms with van der Waals surface area (Å²) in [6.45, 7) is 2.49. The maximum Gasteiger partial charge on any atom is 0.270 e. The van der Waals surface area contributed by atoms with Crippen LogP contribution in [0.2, 0.25) is 0 Å². The highest BCUT2D eigenvalue weighted by Gasteiger charge is 2.31. The smallest absolute Gasteiger partial charge is 0.270 e. The van der Waals surface area contributed by atoms with Crippen LogP contribution in [0, 0.1) is 11.7 Å². The summed E-state index contributed by atoms with van der Waals surface area (Å²) in [5.74, 6) is -0.163. The first-order chi connectivity index (χ1) is 14.2. The summed E-state index contributed by atoms with van der Waals surface area (Å²) >= 11 is 1.55. The SMILES string of the molecule is O=C(N[C@@H](c1nccs1)[C@H]1CCCN(Cc2cccc(F)c2)C1)c1ccccn1. The monoisotopic (exact) mass is 410 g/mol. The van der Waals surface area contributed by atoms with Crippen molar-refractivity contribution >= 4 is 17.2 Å². The molecule has 1 amide bonds. The fourth-order valence-electron chi connectivity index (χ4n) is 3.88. The Labute approximate surface area is 173 Å². The predicted octanol–water partition coefficient (Wildman–Crippen LogP) is 4.06. The first kappa shape index (κ1) is 19.7. The molecule has 1 N–H and O–H groups in total. The second kappa shape index (κ2) is 9.24. The molecule has 1 aliphatic rings. The van der Waals surface area contributed by atoms with E-state index in [9.17, 15) is 9.18 Å². The average molecular weight is 411 g/mol. The quantitative estimate of drug-likeness (QED) is 0.666. The Morgan fingerprint density at radius 2 is 2.17 bits per heavy atom. The number of nitrogens with one attached hydrogen (secondary N) is 1. The van der Waals surface area contributed by atoms with Gasteiger partial charge in [-0.2, -0.15) is 0 Å². The van der Waals surface area contributed by atoms with Crippen LogP contribution in [0.5, 0.6) is 0 Å². The van der Waals surface area contributed by atoms with Crippen molar-refractivity contribution in [3.8, 4) is 0 Å². The second-order valence-electron chi connectivity index (χ2n) is 7.30. The highest BCUT2D eigenvalue weighted by molar-refractivity contribution is 7.09. The van der Waals surface area contributed by atoms with Gasteiger partial charge in [-0.1, -0.05) is 18.2 Å². The molecule has 0 aliphatic carbocycles. The number of nitrogens with zero attached hydrogens (tertiary/aromatic N) is 3. The summed E-state index contributed by atoms with van der Waals surface area (Å²) in [6.07, 6.45) is 5.43. The van der Waals surface area contributed by atoms with E-state index in [0.29, 0.717) is 12.2 Å². The molecule has 2 aromatic heterocycles. The molecule has 0 unspecified atom stereocenters. The molecule has 3 heterocycles. The number of piperidine rings is 1. The largest absolute Gasteiger partial charge is 0.341 e. The van der Waals surface area contributed by atoms with E-state index in [1.807, 2.05) is 17.5 Å². The summed E-state index contributed by atoms with van der Waals surface area (Å²) in [5, 5.41) is 6.00. The number of pyridine rings is 1. The van der Waals surface area contributed by atoms with E-state index in [0.717, 1.165) is 36.5 Å². The number of hydrogen-bond donors (Lipinski definition) is 1. The van der Waals surface area contributed by atoms with E-state index in [1.165, 1.54) is 6.07 Å². The van der Waals surface area contributed by atoms with Crippen LogP contribution in [0.3, 0.4) is 0 Å². The Hall–Kier alpha value is -2.64. The molecule has 0 spiro atoms. The molecule has 0 bridgehead atoms. The number of aromatic nitrogens is 2. The van der Waals surface area contributed by atoms with Gasteiger partial charge in [-0.3, -0.25) is 14.7 Å². The number of carbonyl (C=O) groups is 1. The maximum atomic E-state index is 13.5. The topological polar surface area (TPSA) is 58.1 Å².